The van der Waals surface area contributed by atoms with Gasteiger partial charge >= 0.3 is 6.18 Å². The van der Waals surface area contributed by atoms with Crippen LogP contribution in [0.5, 0.6) is 0 Å². The SMILES string of the molecule is CC(=NOCc1ccc(C2CCCCC2)c(C(F)(F)F)c1)c1ccc(C(=O)N2CCCC(N)(CO)C2)cc1. The molecular weight excluding hydrogens is 495 g/mol. The lowest BCUT2D eigenvalue weighted by Gasteiger charge is -2.39. The fourth-order valence-electron chi connectivity index (χ4n) is 5.46. The number of nitrogens with zero attached hydrogens (tertiary/aromatic N) is 2. The first-order valence-electron chi connectivity index (χ1n) is 13.3. The molecule has 3 N–H and O–H groups in total. The zero-order valence-corrected chi connectivity index (χ0v) is 21.8. The number of hydrogen-bond acceptors (Lipinski definition) is 5. The number of carbonyl (C=O) groups is 1. The van der Waals surface area contributed by atoms with Gasteiger partial charge in [-0.25, -0.2) is 0 Å². The quantitative estimate of drug-likeness (QED) is 0.359. The Kier molecular flexibility index (Phi) is 8.78. The molecule has 0 radical (unpaired) electrons. The maximum atomic E-state index is 13.8. The second-order valence-electron chi connectivity index (χ2n) is 10.6. The molecule has 38 heavy (non-hydrogen) atoms. The van der Waals surface area contributed by atoms with E-state index in [1.54, 1.807) is 48.2 Å². The number of oxime groups is 1. The zero-order chi connectivity index (χ0) is 27.3. The van der Waals surface area contributed by atoms with E-state index in [9.17, 15) is 23.1 Å². The van der Waals surface area contributed by atoms with E-state index in [1.165, 1.54) is 6.07 Å². The van der Waals surface area contributed by atoms with E-state index in [0.29, 0.717) is 41.9 Å². The van der Waals surface area contributed by atoms with E-state index in [1.807, 2.05) is 0 Å². The second-order valence-corrected chi connectivity index (χ2v) is 10.6. The van der Waals surface area contributed by atoms with Crippen LogP contribution in [0.4, 0.5) is 13.2 Å². The van der Waals surface area contributed by atoms with Crippen LogP contribution in [-0.4, -0.2) is 46.9 Å². The van der Waals surface area contributed by atoms with Crippen molar-refractivity contribution in [2.45, 2.75) is 76.1 Å². The smallest absolute Gasteiger partial charge is 0.394 e. The van der Waals surface area contributed by atoms with E-state index in [4.69, 9.17) is 10.6 Å². The number of hydrogen-bond donors (Lipinski definition) is 2. The first-order valence-corrected chi connectivity index (χ1v) is 13.3. The number of alkyl halides is 3. The Morgan fingerprint density at radius 1 is 1.11 bits per heavy atom. The van der Waals surface area contributed by atoms with Crippen LogP contribution in [-0.2, 0) is 17.6 Å². The molecule has 0 aromatic heterocycles. The minimum Gasteiger partial charge on any atom is -0.394 e. The summed E-state index contributed by atoms with van der Waals surface area (Å²) in [5.41, 5.74) is 7.37. The molecule has 9 heteroatoms. The minimum absolute atomic E-state index is 0.0482. The van der Waals surface area contributed by atoms with Crippen molar-refractivity contribution in [3.05, 3.63) is 70.3 Å². The summed E-state index contributed by atoms with van der Waals surface area (Å²) in [7, 11) is 0. The van der Waals surface area contributed by atoms with Gasteiger partial charge in [0.25, 0.3) is 5.91 Å². The lowest BCUT2D eigenvalue weighted by Crippen LogP contribution is -2.57. The summed E-state index contributed by atoms with van der Waals surface area (Å²) in [6.45, 7) is 2.37. The predicted octanol–water partition coefficient (Wildman–Crippen LogP) is 5.62. The van der Waals surface area contributed by atoms with Crippen molar-refractivity contribution in [3.63, 3.8) is 0 Å². The lowest BCUT2D eigenvalue weighted by atomic mass is 9.81. The topological polar surface area (TPSA) is 88.2 Å². The number of likely N-dealkylation sites (tertiary alicyclic amines) is 1. The third-order valence-corrected chi connectivity index (χ3v) is 7.66. The number of aliphatic hydroxyl groups is 1. The number of piperidine rings is 1. The van der Waals surface area contributed by atoms with Crippen LogP contribution in [0.2, 0.25) is 0 Å². The Morgan fingerprint density at radius 2 is 1.79 bits per heavy atom. The summed E-state index contributed by atoms with van der Waals surface area (Å²) in [5.74, 6) is -0.199. The zero-order valence-electron chi connectivity index (χ0n) is 21.8. The van der Waals surface area contributed by atoms with Crippen LogP contribution in [0, 0.1) is 0 Å². The lowest BCUT2D eigenvalue weighted by molar-refractivity contribution is -0.138. The van der Waals surface area contributed by atoms with Gasteiger partial charge in [-0.3, -0.25) is 4.79 Å². The molecule has 1 unspecified atom stereocenters. The van der Waals surface area contributed by atoms with Gasteiger partial charge < -0.3 is 20.6 Å². The summed E-state index contributed by atoms with van der Waals surface area (Å²) >= 11 is 0. The molecule has 0 spiro atoms. The van der Waals surface area contributed by atoms with Gasteiger partial charge in [0, 0.05) is 18.7 Å². The maximum absolute atomic E-state index is 13.8. The van der Waals surface area contributed by atoms with Crippen molar-refractivity contribution in [1.82, 2.24) is 4.90 Å². The van der Waals surface area contributed by atoms with Gasteiger partial charge in [-0.05, 0) is 73.4 Å². The Labute approximate surface area is 221 Å². The molecule has 1 heterocycles. The fraction of sp³-hybridized carbons (Fsp3) is 0.517. The predicted molar refractivity (Wildman–Crippen MR) is 140 cm³/mol. The number of halogens is 3. The summed E-state index contributed by atoms with van der Waals surface area (Å²) in [6, 6.07) is 11.4. The van der Waals surface area contributed by atoms with Gasteiger partial charge in [0.1, 0.15) is 6.61 Å². The molecule has 2 aromatic rings. The van der Waals surface area contributed by atoms with Crippen LogP contribution in [0.1, 0.15) is 90.4 Å². The molecule has 1 atom stereocenters. The minimum atomic E-state index is -4.42. The van der Waals surface area contributed by atoms with Crippen molar-refractivity contribution < 1.29 is 27.9 Å². The highest BCUT2D eigenvalue weighted by atomic mass is 19.4. The molecule has 1 aliphatic carbocycles. The molecule has 1 aliphatic heterocycles. The van der Waals surface area contributed by atoms with Crippen LogP contribution < -0.4 is 5.73 Å². The van der Waals surface area contributed by atoms with Crippen LogP contribution in [0.25, 0.3) is 0 Å². The molecule has 1 saturated carbocycles. The number of benzene rings is 2. The molecule has 6 nitrogen and oxygen atoms in total. The molecule has 2 aliphatic rings. The number of nitrogens with two attached hydrogens (primary N) is 1. The molecule has 0 bridgehead atoms. The monoisotopic (exact) mass is 531 g/mol. The van der Waals surface area contributed by atoms with Crippen molar-refractivity contribution in [2.75, 3.05) is 19.7 Å². The third kappa shape index (κ3) is 6.74. The van der Waals surface area contributed by atoms with Crippen LogP contribution >= 0.6 is 0 Å². The van der Waals surface area contributed by atoms with Crippen LogP contribution in [0.15, 0.2) is 47.6 Å². The largest absolute Gasteiger partial charge is 0.416 e. The van der Waals surface area contributed by atoms with Gasteiger partial charge in [0.05, 0.1) is 23.4 Å². The Bertz CT molecular complexity index is 1140. The van der Waals surface area contributed by atoms with E-state index in [2.05, 4.69) is 5.16 Å². The first kappa shape index (κ1) is 28.1. The second kappa shape index (κ2) is 11.9. The molecule has 2 aromatic carbocycles. The van der Waals surface area contributed by atoms with E-state index in [-0.39, 0.29) is 25.0 Å². The molecule has 1 amide bonds. The van der Waals surface area contributed by atoms with Crippen LogP contribution in [0.3, 0.4) is 0 Å². The Balaban J connectivity index is 1.39. The van der Waals surface area contributed by atoms with E-state index >= 15 is 0 Å². The van der Waals surface area contributed by atoms with Crippen molar-refractivity contribution in [3.8, 4) is 0 Å². The van der Waals surface area contributed by atoms with Gasteiger partial charge in [-0.15, -0.1) is 0 Å². The summed E-state index contributed by atoms with van der Waals surface area (Å²) in [5, 5.41) is 13.6. The average molecular weight is 532 g/mol. The number of rotatable bonds is 7. The fourth-order valence-corrected chi connectivity index (χ4v) is 5.46. The third-order valence-electron chi connectivity index (χ3n) is 7.66. The molecule has 1 saturated heterocycles. The van der Waals surface area contributed by atoms with E-state index < -0.39 is 17.3 Å². The van der Waals surface area contributed by atoms with Gasteiger partial charge in [0.2, 0.25) is 0 Å². The van der Waals surface area contributed by atoms with Gasteiger partial charge in [-0.2, -0.15) is 13.2 Å². The van der Waals surface area contributed by atoms with Gasteiger partial charge in [-0.1, -0.05) is 48.7 Å². The Hall–Kier alpha value is -2.91. The standard InChI is InChI=1S/C29H36F3N3O3/c1-20(22-9-11-24(12-10-22)27(37)35-15-5-14-28(33,18-35)19-36)34-38-17-21-8-13-25(23-6-3-2-4-7-23)26(16-21)29(30,31)32/h8-13,16,23,36H,2-7,14-15,17-19,33H2,1H3. The molecule has 2 fully saturated rings. The molecule has 4 rings (SSSR count). The highest BCUT2D eigenvalue weighted by molar-refractivity contribution is 6.00. The summed E-state index contributed by atoms with van der Waals surface area (Å²) in [4.78, 5) is 20.0. The number of aliphatic hydroxyl groups excluding tert-OH is 1. The normalized spacial score (nSPS) is 21.4. The van der Waals surface area contributed by atoms with Crippen molar-refractivity contribution >= 4 is 11.6 Å². The van der Waals surface area contributed by atoms with Crippen molar-refractivity contribution in [1.29, 1.82) is 0 Å². The van der Waals surface area contributed by atoms with Crippen molar-refractivity contribution in [2.24, 2.45) is 10.9 Å². The van der Waals surface area contributed by atoms with E-state index in [0.717, 1.165) is 44.1 Å². The molecular formula is C29H36F3N3O3. The maximum Gasteiger partial charge on any atom is 0.416 e. The first-order chi connectivity index (χ1) is 18.1. The summed E-state index contributed by atoms with van der Waals surface area (Å²) in [6.07, 6.45) is 1.58. The average Bonchev–Trinajstić information content (AvgIpc) is 2.92. The molecule has 206 valence electrons. The van der Waals surface area contributed by atoms with Gasteiger partial charge in [0.15, 0.2) is 0 Å². The number of carbonyl (C=O) groups excluding carboxylic acids is 1. The highest BCUT2D eigenvalue weighted by Gasteiger charge is 2.36. The number of amides is 1. The summed E-state index contributed by atoms with van der Waals surface area (Å²) < 4.78 is 41.4. The Morgan fingerprint density at radius 3 is 2.45 bits per heavy atom. The highest BCUT2D eigenvalue weighted by Crippen LogP contribution is 2.41.